The van der Waals surface area contributed by atoms with E-state index in [0.717, 1.165) is 19.3 Å². The zero-order chi connectivity index (χ0) is 21.2. The third kappa shape index (κ3) is 5.08. The molecule has 0 N–H and O–H groups in total. The first-order valence-corrected chi connectivity index (χ1v) is 10.4. The predicted molar refractivity (Wildman–Crippen MR) is 99.3 cm³/mol. The van der Waals surface area contributed by atoms with Crippen molar-refractivity contribution in [1.29, 1.82) is 0 Å². The first kappa shape index (κ1) is 21.6. The minimum absolute atomic E-state index is 0.100. The maximum Gasteiger partial charge on any atom is 0.344 e. The van der Waals surface area contributed by atoms with Crippen LogP contribution in [0.5, 0.6) is 0 Å². The molecule has 0 spiro atoms. The number of ether oxygens (including phenoxy) is 4. The highest BCUT2D eigenvalue weighted by Gasteiger charge is 2.51. The molecule has 5 unspecified atom stereocenters. The lowest BCUT2D eigenvalue weighted by Gasteiger charge is -2.41. The van der Waals surface area contributed by atoms with Crippen molar-refractivity contribution in [2.24, 2.45) is 23.2 Å². The molecule has 5 atom stereocenters. The van der Waals surface area contributed by atoms with Crippen molar-refractivity contribution in [2.45, 2.75) is 71.5 Å². The van der Waals surface area contributed by atoms with E-state index in [1.54, 1.807) is 13.8 Å². The molecule has 4 bridgehead atoms. The van der Waals surface area contributed by atoms with Gasteiger partial charge in [-0.2, -0.15) is 0 Å². The summed E-state index contributed by atoms with van der Waals surface area (Å²) in [5, 5.41) is 0. The van der Waals surface area contributed by atoms with E-state index < -0.39 is 48.7 Å². The van der Waals surface area contributed by atoms with E-state index in [1.807, 2.05) is 6.92 Å². The average molecular weight is 410 g/mol. The number of rotatable bonds is 8. The summed E-state index contributed by atoms with van der Waals surface area (Å²) in [6.07, 6.45) is 3.72. The molecule has 162 valence electrons. The Morgan fingerprint density at radius 2 is 1.76 bits per heavy atom. The highest BCUT2D eigenvalue weighted by Crippen LogP contribution is 2.48. The Morgan fingerprint density at radius 3 is 2.48 bits per heavy atom. The number of hydrogen-bond acceptors (Lipinski definition) is 8. The van der Waals surface area contributed by atoms with Crippen molar-refractivity contribution in [2.75, 3.05) is 13.2 Å². The minimum Gasteiger partial charge on any atom is -0.458 e. The fourth-order valence-corrected chi connectivity index (χ4v) is 4.85. The first-order valence-electron chi connectivity index (χ1n) is 10.4. The van der Waals surface area contributed by atoms with Gasteiger partial charge in [-0.05, 0) is 51.9 Å². The van der Waals surface area contributed by atoms with E-state index in [9.17, 15) is 19.2 Å². The third-order valence-corrected chi connectivity index (χ3v) is 6.21. The fraction of sp³-hybridized carbons (Fsp3) is 0.810. The van der Waals surface area contributed by atoms with E-state index in [4.69, 9.17) is 18.9 Å². The first-order chi connectivity index (χ1) is 13.7. The minimum atomic E-state index is -0.809. The molecule has 8 nitrogen and oxygen atoms in total. The Labute approximate surface area is 170 Å². The van der Waals surface area contributed by atoms with Crippen LogP contribution >= 0.6 is 0 Å². The van der Waals surface area contributed by atoms with Crippen molar-refractivity contribution in [3.8, 4) is 0 Å². The second-order valence-electron chi connectivity index (χ2n) is 9.07. The zero-order valence-corrected chi connectivity index (χ0v) is 17.3. The molecule has 2 aliphatic carbocycles. The van der Waals surface area contributed by atoms with Crippen molar-refractivity contribution < 1.29 is 38.1 Å². The van der Waals surface area contributed by atoms with E-state index >= 15 is 0 Å². The molecule has 2 saturated carbocycles. The third-order valence-electron chi connectivity index (χ3n) is 6.21. The molecule has 2 saturated heterocycles. The average Bonchev–Trinajstić information content (AvgIpc) is 2.82. The highest BCUT2D eigenvalue weighted by atomic mass is 16.6. The van der Waals surface area contributed by atoms with Crippen molar-refractivity contribution in [3.05, 3.63) is 0 Å². The molecular formula is C21H30O8. The van der Waals surface area contributed by atoms with Gasteiger partial charge in [-0.1, -0.05) is 13.3 Å². The standard InChI is InChI=1S/C21H30O8/c1-4-5-21(2,3)20(25)27-10-16(22)26-11-17(23)29-18-13-6-12-7-14(9-13)19(24)28-15(18)8-12/h12-15,18H,4-11H2,1-3H3. The summed E-state index contributed by atoms with van der Waals surface area (Å²) in [6, 6.07) is 0. The van der Waals surface area contributed by atoms with Gasteiger partial charge in [-0.3, -0.25) is 9.59 Å². The van der Waals surface area contributed by atoms with Crippen LogP contribution in [0.1, 0.15) is 59.3 Å². The number of esters is 4. The van der Waals surface area contributed by atoms with Crippen molar-refractivity contribution >= 4 is 23.9 Å². The van der Waals surface area contributed by atoms with E-state index in [-0.39, 0.29) is 17.8 Å². The molecule has 0 aromatic heterocycles. The number of hydrogen-bond donors (Lipinski definition) is 0. The Morgan fingerprint density at radius 1 is 1.03 bits per heavy atom. The monoisotopic (exact) mass is 410 g/mol. The van der Waals surface area contributed by atoms with Gasteiger partial charge in [-0.25, -0.2) is 9.59 Å². The van der Waals surface area contributed by atoms with Crippen LogP contribution in [-0.4, -0.2) is 49.3 Å². The molecular weight excluding hydrogens is 380 g/mol. The van der Waals surface area contributed by atoms with E-state index in [1.165, 1.54) is 0 Å². The maximum absolute atomic E-state index is 12.2. The Hall–Kier alpha value is -2.12. The predicted octanol–water partition coefficient (Wildman–Crippen LogP) is 2.17. The van der Waals surface area contributed by atoms with Gasteiger partial charge < -0.3 is 18.9 Å². The summed E-state index contributed by atoms with van der Waals surface area (Å²) in [4.78, 5) is 48.0. The summed E-state index contributed by atoms with van der Waals surface area (Å²) in [5.41, 5.74) is -0.677. The van der Waals surface area contributed by atoms with Crippen LogP contribution in [0.4, 0.5) is 0 Å². The maximum atomic E-state index is 12.2. The van der Waals surface area contributed by atoms with Gasteiger partial charge >= 0.3 is 23.9 Å². The van der Waals surface area contributed by atoms with Crippen molar-refractivity contribution in [1.82, 2.24) is 0 Å². The molecule has 0 radical (unpaired) electrons. The molecule has 29 heavy (non-hydrogen) atoms. The largest absolute Gasteiger partial charge is 0.458 e. The molecule has 2 aliphatic heterocycles. The number of fused-ring (bicyclic) bond motifs is 1. The molecule has 2 heterocycles. The molecule has 0 amide bonds. The van der Waals surface area contributed by atoms with Crippen LogP contribution in [0.3, 0.4) is 0 Å². The highest BCUT2D eigenvalue weighted by molar-refractivity contribution is 5.81. The Bertz CT molecular complexity index is 670. The van der Waals surface area contributed by atoms with Crippen LogP contribution in [-0.2, 0) is 38.1 Å². The lowest BCUT2D eigenvalue weighted by Crippen LogP contribution is -2.45. The van der Waals surface area contributed by atoms with Crippen LogP contribution in [0.15, 0.2) is 0 Å². The summed E-state index contributed by atoms with van der Waals surface area (Å²) in [5.74, 6) is -1.73. The van der Waals surface area contributed by atoms with Gasteiger partial charge in [0.25, 0.3) is 0 Å². The van der Waals surface area contributed by atoms with Gasteiger partial charge in [0, 0.05) is 5.92 Å². The number of carbonyl (C=O) groups excluding carboxylic acids is 4. The van der Waals surface area contributed by atoms with E-state index in [2.05, 4.69) is 0 Å². The normalized spacial score (nSPS) is 30.3. The second kappa shape index (κ2) is 8.71. The SMILES string of the molecule is CCCC(C)(C)C(=O)OCC(=O)OCC(=O)OC1C2CC3CC(C2)C(=O)OC1C3. The summed E-state index contributed by atoms with van der Waals surface area (Å²) < 4.78 is 20.9. The number of carbonyl (C=O) groups is 4. The van der Waals surface area contributed by atoms with Crippen molar-refractivity contribution in [3.63, 3.8) is 0 Å². The van der Waals surface area contributed by atoms with Gasteiger partial charge in [0.05, 0.1) is 11.3 Å². The van der Waals surface area contributed by atoms with Crippen LogP contribution in [0.25, 0.3) is 0 Å². The van der Waals surface area contributed by atoms with Crippen LogP contribution in [0, 0.1) is 23.2 Å². The second-order valence-corrected chi connectivity index (χ2v) is 9.07. The van der Waals surface area contributed by atoms with Gasteiger partial charge in [0.15, 0.2) is 13.2 Å². The van der Waals surface area contributed by atoms with Gasteiger partial charge in [-0.15, -0.1) is 0 Å². The quantitative estimate of drug-likeness (QED) is 0.443. The molecule has 8 heteroatoms. The van der Waals surface area contributed by atoms with Gasteiger partial charge in [0.1, 0.15) is 12.2 Å². The smallest absolute Gasteiger partial charge is 0.344 e. The summed E-state index contributed by atoms with van der Waals surface area (Å²) >= 11 is 0. The zero-order valence-electron chi connectivity index (χ0n) is 17.3. The fourth-order valence-electron chi connectivity index (χ4n) is 4.85. The van der Waals surface area contributed by atoms with Gasteiger partial charge in [0.2, 0.25) is 0 Å². The molecule has 0 aromatic rings. The Balaban J connectivity index is 1.43. The summed E-state index contributed by atoms with van der Waals surface area (Å²) in [6.45, 7) is 4.35. The van der Waals surface area contributed by atoms with Crippen LogP contribution in [0.2, 0.25) is 0 Å². The lowest BCUT2D eigenvalue weighted by atomic mass is 9.67. The van der Waals surface area contributed by atoms with Crippen LogP contribution < -0.4 is 0 Å². The topological polar surface area (TPSA) is 105 Å². The lowest BCUT2D eigenvalue weighted by molar-refractivity contribution is -0.180. The summed E-state index contributed by atoms with van der Waals surface area (Å²) in [7, 11) is 0. The Kier molecular flexibility index (Phi) is 6.49. The molecule has 4 fully saturated rings. The molecule has 4 rings (SSSR count). The molecule has 0 aromatic carbocycles. The van der Waals surface area contributed by atoms with E-state index in [0.29, 0.717) is 25.2 Å². The molecule has 4 aliphatic rings.